The van der Waals surface area contributed by atoms with E-state index in [-0.39, 0.29) is 13.0 Å². The van der Waals surface area contributed by atoms with Crippen molar-refractivity contribution in [3.63, 3.8) is 0 Å². The second-order valence-corrected chi connectivity index (χ2v) is 3.74. The summed E-state index contributed by atoms with van der Waals surface area (Å²) in [7, 11) is 0. The number of halogens is 1. The predicted molar refractivity (Wildman–Crippen MR) is 63.5 cm³/mol. The maximum atomic E-state index is 10.5. The number of carboxylic acids is 1. The standard InChI is InChI=1S/C12H13ClO3/c13-11-7-9(3-1-2-6-14)4-5-10(11)8-12(15)16/h1,3-5,7,14H,2,6,8H2,(H,15,16). The summed E-state index contributed by atoms with van der Waals surface area (Å²) in [6.07, 6.45) is 4.20. The molecule has 0 atom stereocenters. The van der Waals surface area contributed by atoms with Crippen LogP contribution in [0.15, 0.2) is 24.3 Å². The van der Waals surface area contributed by atoms with E-state index in [0.717, 1.165) is 5.56 Å². The van der Waals surface area contributed by atoms with Crippen molar-refractivity contribution in [2.45, 2.75) is 12.8 Å². The van der Waals surface area contributed by atoms with Gasteiger partial charge in [-0.2, -0.15) is 0 Å². The number of aliphatic carboxylic acids is 1. The molecule has 0 aliphatic carbocycles. The highest BCUT2D eigenvalue weighted by Gasteiger charge is 2.05. The molecule has 2 N–H and O–H groups in total. The number of aliphatic hydroxyl groups excluding tert-OH is 1. The fraction of sp³-hybridized carbons (Fsp3) is 0.250. The molecule has 3 nitrogen and oxygen atoms in total. The second-order valence-electron chi connectivity index (χ2n) is 3.34. The average Bonchev–Trinajstić information content (AvgIpc) is 2.22. The van der Waals surface area contributed by atoms with Gasteiger partial charge in [0.15, 0.2) is 0 Å². The van der Waals surface area contributed by atoms with Gasteiger partial charge in [0.1, 0.15) is 0 Å². The van der Waals surface area contributed by atoms with Gasteiger partial charge >= 0.3 is 5.97 Å². The average molecular weight is 241 g/mol. The zero-order valence-corrected chi connectivity index (χ0v) is 9.44. The van der Waals surface area contributed by atoms with E-state index in [1.54, 1.807) is 18.2 Å². The highest BCUT2D eigenvalue weighted by Crippen LogP contribution is 2.19. The molecule has 0 spiro atoms. The minimum Gasteiger partial charge on any atom is -0.481 e. The number of carbonyl (C=O) groups is 1. The molecular weight excluding hydrogens is 228 g/mol. The van der Waals surface area contributed by atoms with E-state index in [1.165, 1.54) is 0 Å². The Morgan fingerprint density at radius 1 is 1.44 bits per heavy atom. The quantitative estimate of drug-likeness (QED) is 0.831. The van der Waals surface area contributed by atoms with Gasteiger partial charge in [0.05, 0.1) is 6.42 Å². The van der Waals surface area contributed by atoms with Gasteiger partial charge in [-0.1, -0.05) is 35.9 Å². The first-order valence-corrected chi connectivity index (χ1v) is 5.29. The van der Waals surface area contributed by atoms with Crippen LogP contribution in [0, 0.1) is 0 Å². The molecule has 1 aromatic rings. The summed E-state index contributed by atoms with van der Waals surface area (Å²) in [5.41, 5.74) is 1.50. The minimum absolute atomic E-state index is 0.0700. The highest BCUT2D eigenvalue weighted by molar-refractivity contribution is 6.31. The summed E-state index contributed by atoms with van der Waals surface area (Å²) in [6.45, 7) is 0.112. The van der Waals surface area contributed by atoms with Gasteiger partial charge in [-0.05, 0) is 23.6 Å². The number of aliphatic hydroxyl groups is 1. The summed E-state index contributed by atoms with van der Waals surface area (Å²) in [6, 6.07) is 5.22. The van der Waals surface area contributed by atoms with Crippen molar-refractivity contribution < 1.29 is 15.0 Å². The molecule has 1 rings (SSSR count). The van der Waals surface area contributed by atoms with Gasteiger partial charge in [0, 0.05) is 11.6 Å². The van der Waals surface area contributed by atoms with Crippen LogP contribution in [0.1, 0.15) is 17.5 Å². The van der Waals surface area contributed by atoms with Crippen LogP contribution in [0.25, 0.3) is 6.08 Å². The van der Waals surface area contributed by atoms with Gasteiger partial charge in [0.25, 0.3) is 0 Å². The number of carboxylic acid groups (broad SMARTS) is 1. The third-order valence-corrected chi connectivity index (χ3v) is 2.38. The third kappa shape index (κ3) is 4.04. The Morgan fingerprint density at radius 3 is 2.75 bits per heavy atom. The monoisotopic (exact) mass is 240 g/mol. The molecule has 0 unspecified atom stereocenters. The van der Waals surface area contributed by atoms with Crippen molar-refractivity contribution in [3.8, 4) is 0 Å². The zero-order chi connectivity index (χ0) is 12.0. The first kappa shape index (κ1) is 12.7. The Hall–Kier alpha value is -1.32. The number of rotatable bonds is 5. The molecule has 86 valence electrons. The van der Waals surface area contributed by atoms with Gasteiger partial charge in [-0.25, -0.2) is 0 Å². The lowest BCUT2D eigenvalue weighted by atomic mass is 10.1. The lowest BCUT2D eigenvalue weighted by Gasteiger charge is -2.02. The number of hydrogen-bond donors (Lipinski definition) is 2. The van der Waals surface area contributed by atoms with Gasteiger partial charge in [-0.15, -0.1) is 0 Å². The van der Waals surface area contributed by atoms with E-state index >= 15 is 0 Å². The molecule has 0 saturated heterocycles. The van der Waals surface area contributed by atoms with Gasteiger partial charge < -0.3 is 10.2 Å². The highest BCUT2D eigenvalue weighted by atomic mass is 35.5. The zero-order valence-electron chi connectivity index (χ0n) is 8.69. The fourth-order valence-corrected chi connectivity index (χ4v) is 1.52. The Labute approximate surface area is 99.0 Å². The summed E-state index contributed by atoms with van der Waals surface area (Å²) < 4.78 is 0. The molecule has 4 heteroatoms. The third-order valence-electron chi connectivity index (χ3n) is 2.02. The van der Waals surface area contributed by atoms with Crippen LogP contribution < -0.4 is 0 Å². The lowest BCUT2D eigenvalue weighted by Crippen LogP contribution is -2.00. The molecule has 0 saturated carbocycles. The topological polar surface area (TPSA) is 57.5 Å². The van der Waals surface area contributed by atoms with Crippen molar-refractivity contribution in [3.05, 3.63) is 40.4 Å². The van der Waals surface area contributed by atoms with Crippen LogP contribution in [0.5, 0.6) is 0 Å². The molecule has 1 aromatic carbocycles. The molecule has 0 aliphatic heterocycles. The summed E-state index contributed by atoms with van der Waals surface area (Å²) in [4.78, 5) is 10.5. The van der Waals surface area contributed by atoms with E-state index in [9.17, 15) is 4.79 Å². The van der Waals surface area contributed by atoms with Crippen LogP contribution in [-0.2, 0) is 11.2 Å². The molecule has 0 radical (unpaired) electrons. The van der Waals surface area contributed by atoms with Crippen molar-refractivity contribution in [2.24, 2.45) is 0 Å². The van der Waals surface area contributed by atoms with Crippen LogP contribution >= 0.6 is 11.6 Å². The van der Waals surface area contributed by atoms with Gasteiger partial charge in [0.2, 0.25) is 0 Å². The van der Waals surface area contributed by atoms with Crippen LogP contribution in [-0.4, -0.2) is 22.8 Å². The maximum absolute atomic E-state index is 10.5. The summed E-state index contributed by atoms with van der Waals surface area (Å²) >= 11 is 5.94. The molecule has 0 bridgehead atoms. The van der Waals surface area contributed by atoms with E-state index in [4.69, 9.17) is 21.8 Å². The van der Waals surface area contributed by atoms with Crippen molar-refractivity contribution in [1.82, 2.24) is 0 Å². The van der Waals surface area contributed by atoms with Crippen LogP contribution in [0.2, 0.25) is 5.02 Å². The molecule has 0 heterocycles. The predicted octanol–water partition coefficient (Wildman–Crippen LogP) is 2.36. The largest absolute Gasteiger partial charge is 0.481 e. The Morgan fingerprint density at radius 2 is 2.19 bits per heavy atom. The van der Waals surface area contributed by atoms with Crippen LogP contribution in [0.4, 0.5) is 0 Å². The molecule has 0 amide bonds. The molecule has 0 fully saturated rings. The van der Waals surface area contributed by atoms with Crippen LogP contribution in [0.3, 0.4) is 0 Å². The van der Waals surface area contributed by atoms with E-state index in [2.05, 4.69) is 0 Å². The molecule has 0 aliphatic rings. The minimum atomic E-state index is -0.898. The second kappa shape index (κ2) is 6.30. The Kier molecular flexibility index (Phi) is 5.02. The van der Waals surface area contributed by atoms with Gasteiger partial charge in [-0.3, -0.25) is 4.79 Å². The summed E-state index contributed by atoms with van der Waals surface area (Å²) in [5.74, 6) is -0.898. The maximum Gasteiger partial charge on any atom is 0.307 e. The van der Waals surface area contributed by atoms with E-state index in [0.29, 0.717) is 17.0 Å². The van der Waals surface area contributed by atoms with E-state index in [1.807, 2.05) is 12.2 Å². The summed E-state index contributed by atoms with van der Waals surface area (Å²) in [5, 5.41) is 17.7. The Balaban J connectivity index is 2.78. The normalized spacial score (nSPS) is 10.9. The van der Waals surface area contributed by atoms with Crippen molar-refractivity contribution in [1.29, 1.82) is 0 Å². The fourth-order valence-electron chi connectivity index (χ4n) is 1.27. The smallest absolute Gasteiger partial charge is 0.307 e. The first-order chi connectivity index (χ1) is 7.63. The lowest BCUT2D eigenvalue weighted by molar-refractivity contribution is -0.136. The van der Waals surface area contributed by atoms with Crippen molar-refractivity contribution in [2.75, 3.05) is 6.61 Å². The van der Waals surface area contributed by atoms with Crippen molar-refractivity contribution >= 4 is 23.6 Å². The molecular formula is C12H13ClO3. The number of hydrogen-bond acceptors (Lipinski definition) is 2. The SMILES string of the molecule is O=C(O)Cc1ccc(C=CCCO)cc1Cl. The molecule has 0 aromatic heterocycles. The Bertz CT molecular complexity index is 399. The first-order valence-electron chi connectivity index (χ1n) is 4.91. The number of benzene rings is 1. The molecule has 16 heavy (non-hydrogen) atoms. The van der Waals surface area contributed by atoms with E-state index < -0.39 is 5.97 Å².